The van der Waals surface area contributed by atoms with E-state index in [2.05, 4.69) is 10.6 Å². The SMILES string of the molecule is NCCCCCNC(=O)CC(NC=O)OCc1ccccc1. The predicted octanol–water partition coefficient (Wildman–Crippen LogP) is 0.911. The van der Waals surface area contributed by atoms with Crippen molar-refractivity contribution in [1.82, 2.24) is 10.6 Å². The van der Waals surface area contributed by atoms with Crippen LogP contribution in [0.5, 0.6) is 0 Å². The Morgan fingerprint density at radius 2 is 2.00 bits per heavy atom. The number of nitrogens with one attached hydrogen (secondary N) is 2. The number of hydrogen-bond donors (Lipinski definition) is 3. The first-order chi connectivity index (χ1) is 10.8. The number of amides is 2. The Morgan fingerprint density at radius 1 is 1.23 bits per heavy atom. The minimum Gasteiger partial charge on any atom is -0.356 e. The molecule has 0 fully saturated rings. The van der Waals surface area contributed by atoms with Crippen LogP contribution in [0.1, 0.15) is 31.2 Å². The van der Waals surface area contributed by atoms with E-state index in [4.69, 9.17) is 10.5 Å². The van der Waals surface area contributed by atoms with Gasteiger partial charge >= 0.3 is 0 Å². The van der Waals surface area contributed by atoms with Gasteiger partial charge in [0.2, 0.25) is 12.3 Å². The van der Waals surface area contributed by atoms with E-state index in [0.717, 1.165) is 24.8 Å². The molecule has 1 aromatic rings. The van der Waals surface area contributed by atoms with Crippen LogP contribution in [0, 0.1) is 0 Å². The predicted molar refractivity (Wildman–Crippen MR) is 84.8 cm³/mol. The number of unbranched alkanes of at least 4 members (excludes halogenated alkanes) is 2. The zero-order valence-electron chi connectivity index (χ0n) is 12.8. The van der Waals surface area contributed by atoms with Crippen molar-refractivity contribution in [1.29, 1.82) is 0 Å². The molecule has 1 aromatic carbocycles. The van der Waals surface area contributed by atoms with Gasteiger partial charge in [-0.3, -0.25) is 9.59 Å². The van der Waals surface area contributed by atoms with E-state index in [1.807, 2.05) is 30.3 Å². The Labute approximate surface area is 131 Å². The maximum Gasteiger partial charge on any atom is 0.224 e. The van der Waals surface area contributed by atoms with Crippen molar-refractivity contribution in [3.63, 3.8) is 0 Å². The zero-order chi connectivity index (χ0) is 16.0. The lowest BCUT2D eigenvalue weighted by molar-refractivity contribution is -0.126. The first kappa shape index (κ1) is 18.1. The molecule has 122 valence electrons. The first-order valence-electron chi connectivity index (χ1n) is 7.58. The fourth-order valence-electron chi connectivity index (χ4n) is 1.93. The van der Waals surface area contributed by atoms with Crippen molar-refractivity contribution in [2.24, 2.45) is 5.73 Å². The summed E-state index contributed by atoms with van der Waals surface area (Å²) in [5, 5.41) is 5.33. The van der Waals surface area contributed by atoms with Gasteiger partial charge in [0, 0.05) is 6.54 Å². The Bertz CT molecular complexity index is 426. The van der Waals surface area contributed by atoms with Crippen molar-refractivity contribution in [3.05, 3.63) is 35.9 Å². The van der Waals surface area contributed by atoms with Crippen LogP contribution in [0.4, 0.5) is 0 Å². The summed E-state index contributed by atoms with van der Waals surface area (Å²) >= 11 is 0. The van der Waals surface area contributed by atoms with Gasteiger partial charge in [-0.25, -0.2) is 0 Å². The smallest absolute Gasteiger partial charge is 0.224 e. The van der Waals surface area contributed by atoms with E-state index in [9.17, 15) is 9.59 Å². The van der Waals surface area contributed by atoms with E-state index in [1.165, 1.54) is 0 Å². The molecular formula is C16H25N3O3. The molecule has 2 amide bonds. The third kappa shape index (κ3) is 8.39. The maximum absolute atomic E-state index is 11.8. The lowest BCUT2D eigenvalue weighted by Gasteiger charge is -2.17. The van der Waals surface area contributed by atoms with Crippen molar-refractivity contribution >= 4 is 12.3 Å². The average molecular weight is 307 g/mol. The molecule has 1 unspecified atom stereocenters. The minimum absolute atomic E-state index is 0.0997. The molecule has 6 heteroatoms. The van der Waals surface area contributed by atoms with Crippen LogP contribution in [-0.4, -0.2) is 31.6 Å². The van der Waals surface area contributed by atoms with Gasteiger partial charge in [-0.05, 0) is 24.9 Å². The Kier molecular flexibility index (Phi) is 9.65. The summed E-state index contributed by atoms with van der Waals surface area (Å²) in [6.07, 6.45) is 2.89. The van der Waals surface area contributed by atoms with E-state index in [1.54, 1.807) is 0 Å². The van der Waals surface area contributed by atoms with E-state index < -0.39 is 6.23 Å². The zero-order valence-corrected chi connectivity index (χ0v) is 12.8. The highest BCUT2D eigenvalue weighted by Gasteiger charge is 2.13. The van der Waals surface area contributed by atoms with Crippen LogP contribution in [0.3, 0.4) is 0 Å². The monoisotopic (exact) mass is 307 g/mol. The van der Waals surface area contributed by atoms with Crippen LogP contribution in [-0.2, 0) is 20.9 Å². The molecule has 0 bridgehead atoms. The van der Waals surface area contributed by atoms with E-state index >= 15 is 0 Å². The van der Waals surface area contributed by atoms with Crippen molar-refractivity contribution < 1.29 is 14.3 Å². The summed E-state index contributed by atoms with van der Waals surface area (Å²) in [6, 6.07) is 9.59. The number of nitrogens with two attached hydrogens (primary N) is 1. The molecule has 0 aliphatic rings. The molecule has 4 N–H and O–H groups in total. The highest BCUT2D eigenvalue weighted by Crippen LogP contribution is 2.04. The highest BCUT2D eigenvalue weighted by molar-refractivity contribution is 5.76. The second-order valence-corrected chi connectivity index (χ2v) is 4.97. The van der Waals surface area contributed by atoms with Gasteiger partial charge in [0.1, 0.15) is 6.23 Å². The molecule has 0 aliphatic heterocycles. The maximum atomic E-state index is 11.8. The Hall–Kier alpha value is -1.92. The Balaban J connectivity index is 2.27. The minimum atomic E-state index is -0.623. The molecule has 0 heterocycles. The van der Waals surface area contributed by atoms with Crippen LogP contribution in [0.25, 0.3) is 0 Å². The molecule has 0 aliphatic carbocycles. The van der Waals surface area contributed by atoms with Gasteiger partial charge in [0.05, 0.1) is 13.0 Å². The highest BCUT2D eigenvalue weighted by atomic mass is 16.5. The van der Waals surface area contributed by atoms with Crippen LogP contribution >= 0.6 is 0 Å². The van der Waals surface area contributed by atoms with Crippen LogP contribution < -0.4 is 16.4 Å². The summed E-state index contributed by atoms with van der Waals surface area (Å²) in [7, 11) is 0. The topological polar surface area (TPSA) is 93.5 Å². The van der Waals surface area contributed by atoms with Gasteiger partial charge in [0.25, 0.3) is 0 Å². The molecule has 22 heavy (non-hydrogen) atoms. The molecule has 1 atom stereocenters. The fraction of sp³-hybridized carbons (Fsp3) is 0.500. The first-order valence-corrected chi connectivity index (χ1v) is 7.58. The van der Waals surface area contributed by atoms with Gasteiger partial charge in [-0.2, -0.15) is 0 Å². The summed E-state index contributed by atoms with van der Waals surface area (Å²) in [5.41, 5.74) is 6.39. The average Bonchev–Trinajstić information content (AvgIpc) is 2.53. The molecule has 0 saturated heterocycles. The summed E-state index contributed by atoms with van der Waals surface area (Å²) in [5.74, 6) is -0.139. The molecule has 1 rings (SSSR count). The number of benzene rings is 1. The number of carbonyl (C=O) groups is 2. The van der Waals surface area contributed by atoms with E-state index in [0.29, 0.717) is 26.1 Å². The fourth-order valence-corrected chi connectivity index (χ4v) is 1.93. The molecule has 6 nitrogen and oxygen atoms in total. The van der Waals surface area contributed by atoms with Gasteiger partial charge in [-0.1, -0.05) is 36.8 Å². The van der Waals surface area contributed by atoms with Gasteiger partial charge < -0.3 is 21.1 Å². The second-order valence-electron chi connectivity index (χ2n) is 4.97. The lowest BCUT2D eigenvalue weighted by atomic mass is 10.2. The van der Waals surface area contributed by atoms with E-state index in [-0.39, 0.29) is 12.3 Å². The summed E-state index contributed by atoms with van der Waals surface area (Å²) in [6.45, 7) is 1.63. The van der Waals surface area contributed by atoms with Gasteiger partial charge in [-0.15, -0.1) is 0 Å². The number of ether oxygens (including phenoxy) is 1. The number of hydrogen-bond acceptors (Lipinski definition) is 4. The molecule has 0 saturated carbocycles. The molecule has 0 spiro atoms. The van der Waals surface area contributed by atoms with Gasteiger partial charge in [0.15, 0.2) is 0 Å². The summed E-state index contributed by atoms with van der Waals surface area (Å²) < 4.78 is 5.56. The molecular weight excluding hydrogens is 282 g/mol. The molecule has 0 aromatic heterocycles. The second kappa shape index (κ2) is 11.7. The Morgan fingerprint density at radius 3 is 2.68 bits per heavy atom. The van der Waals surface area contributed by atoms with Crippen molar-refractivity contribution in [2.75, 3.05) is 13.1 Å². The summed E-state index contributed by atoms with van der Waals surface area (Å²) in [4.78, 5) is 22.4. The quantitative estimate of drug-likeness (QED) is 0.304. The van der Waals surface area contributed by atoms with Crippen LogP contribution in [0.15, 0.2) is 30.3 Å². The van der Waals surface area contributed by atoms with Crippen LogP contribution in [0.2, 0.25) is 0 Å². The largest absolute Gasteiger partial charge is 0.356 e. The number of carbonyl (C=O) groups excluding carboxylic acids is 2. The normalized spacial score (nSPS) is 11.7. The number of rotatable bonds is 12. The standard InChI is InChI=1S/C16H25N3O3/c17-9-5-2-6-10-18-15(21)11-16(19-13-20)22-12-14-7-3-1-4-8-14/h1,3-4,7-8,13,16H,2,5-6,9-12,17H2,(H,18,21)(H,19,20). The third-order valence-corrected chi connectivity index (χ3v) is 3.12. The third-order valence-electron chi connectivity index (χ3n) is 3.12. The van der Waals surface area contributed by atoms with Crippen molar-refractivity contribution in [3.8, 4) is 0 Å². The molecule has 0 radical (unpaired) electrons. The lowest BCUT2D eigenvalue weighted by Crippen LogP contribution is -2.37. The van der Waals surface area contributed by atoms with Crippen molar-refractivity contribution in [2.45, 2.75) is 38.5 Å².